The van der Waals surface area contributed by atoms with Gasteiger partial charge in [0, 0.05) is 19.0 Å². The summed E-state index contributed by atoms with van der Waals surface area (Å²) in [5.41, 5.74) is -0.636. The number of nitrogens with zero attached hydrogens (tertiary/aromatic N) is 1. The van der Waals surface area contributed by atoms with Crippen LogP contribution in [0.5, 0.6) is 0 Å². The van der Waals surface area contributed by atoms with E-state index in [2.05, 4.69) is 0 Å². The van der Waals surface area contributed by atoms with Crippen LogP contribution < -0.4 is 0 Å². The third-order valence-corrected chi connectivity index (χ3v) is 3.14. The van der Waals surface area contributed by atoms with Gasteiger partial charge in [0.2, 0.25) is 0 Å². The van der Waals surface area contributed by atoms with Crippen molar-refractivity contribution < 1.29 is 29.3 Å². The van der Waals surface area contributed by atoms with Gasteiger partial charge in [-0.3, -0.25) is 9.59 Å². The summed E-state index contributed by atoms with van der Waals surface area (Å²) in [5, 5.41) is 18.0. The smallest absolute Gasteiger partial charge is 0.410 e. The van der Waals surface area contributed by atoms with Crippen molar-refractivity contribution in [2.24, 2.45) is 11.8 Å². The summed E-state index contributed by atoms with van der Waals surface area (Å²) in [5.74, 6) is -3.40. The van der Waals surface area contributed by atoms with E-state index in [-0.39, 0.29) is 25.9 Å². The topological polar surface area (TPSA) is 104 Å². The van der Waals surface area contributed by atoms with Crippen LogP contribution in [-0.2, 0) is 14.3 Å². The maximum absolute atomic E-state index is 11.9. The van der Waals surface area contributed by atoms with Gasteiger partial charge in [0.05, 0.1) is 12.3 Å². The van der Waals surface area contributed by atoms with Crippen molar-refractivity contribution in [1.29, 1.82) is 0 Å². The van der Waals surface area contributed by atoms with E-state index in [4.69, 9.17) is 14.9 Å². The van der Waals surface area contributed by atoms with E-state index < -0.39 is 35.5 Å². The normalized spacial score (nSPS) is 23.2. The number of piperidine rings is 1. The minimum atomic E-state index is -1.06. The van der Waals surface area contributed by atoms with E-state index in [9.17, 15) is 14.4 Å². The molecule has 1 amide bonds. The molecule has 0 bridgehead atoms. The number of rotatable bonds is 3. The molecule has 0 aliphatic carbocycles. The van der Waals surface area contributed by atoms with Crippen LogP contribution in [0.2, 0.25) is 0 Å². The largest absolute Gasteiger partial charge is 0.481 e. The van der Waals surface area contributed by atoms with E-state index in [1.807, 2.05) is 0 Å². The lowest BCUT2D eigenvalue weighted by atomic mass is 9.83. The van der Waals surface area contributed by atoms with Crippen LogP contribution in [0.15, 0.2) is 0 Å². The van der Waals surface area contributed by atoms with Gasteiger partial charge in [0.15, 0.2) is 0 Å². The second kappa shape index (κ2) is 6.11. The number of ether oxygens (including phenoxy) is 1. The van der Waals surface area contributed by atoms with Gasteiger partial charge in [-0.1, -0.05) is 0 Å². The molecule has 1 fully saturated rings. The number of carboxylic acid groups (broad SMARTS) is 2. The number of carboxylic acids is 2. The van der Waals surface area contributed by atoms with E-state index in [0.29, 0.717) is 0 Å². The van der Waals surface area contributed by atoms with Crippen molar-refractivity contribution >= 4 is 18.0 Å². The molecule has 1 aliphatic heterocycles. The molecule has 0 aromatic heterocycles. The molecule has 1 heterocycles. The Kier molecular flexibility index (Phi) is 4.97. The lowest BCUT2D eigenvalue weighted by Gasteiger charge is -2.36. The molecule has 114 valence electrons. The van der Waals surface area contributed by atoms with Crippen molar-refractivity contribution in [3.8, 4) is 0 Å². The van der Waals surface area contributed by atoms with Crippen LogP contribution in [0.4, 0.5) is 4.79 Å². The molecule has 2 unspecified atom stereocenters. The van der Waals surface area contributed by atoms with E-state index >= 15 is 0 Å². The van der Waals surface area contributed by atoms with Gasteiger partial charge in [-0.2, -0.15) is 0 Å². The molecule has 2 N–H and O–H groups in total. The number of amides is 1. The Morgan fingerprint density at radius 2 is 1.85 bits per heavy atom. The van der Waals surface area contributed by atoms with Crippen molar-refractivity contribution in [2.45, 2.75) is 39.2 Å². The van der Waals surface area contributed by atoms with Gasteiger partial charge in [-0.05, 0) is 27.2 Å². The molecule has 7 heteroatoms. The first-order valence-corrected chi connectivity index (χ1v) is 6.52. The average molecular weight is 287 g/mol. The Balaban J connectivity index is 2.73. The predicted molar refractivity (Wildman–Crippen MR) is 69.3 cm³/mol. The second-order valence-corrected chi connectivity index (χ2v) is 6.02. The third kappa shape index (κ3) is 4.71. The van der Waals surface area contributed by atoms with Crippen molar-refractivity contribution in [1.82, 2.24) is 4.90 Å². The van der Waals surface area contributed by atoms with E-state index in [1.54, 1.807) is 20.8 Å². The number of hydrogen-bond donors (Lipinski definition) is 2. The number of hydrogen-bond acceptors (Lipinski definition) is 4. The van der Waals surface area contributed by atoms with Crippen molar-refractivity contribution in [3.05, 3.63) is 0 Å². The second-order valence-electron chi connectivity index (χ2n) is 6.02. The lowest BCUT2D eigenvalue weighted by Crippen LogP contribution is -2.48. The Morgan fingerprint density at radius 1 is 1.25 bits per heavy atom. The fourth-order valence-electron chi connectivity index (χ4n) is 2.28. The summed E-state index contributed by atoms with van der Waals surface area (Å²) in [6, 6.07) is 0. The molecule has 1 aliphatic rings. The molecule has 0 radical (unpaired) electrons. The molecule has 20 heavy (non-hydrogen) atoms. The quantitative estimate of drug-likeness (QED) is 0.813. The predicted octanol–water partition coefficient (Wildman–Crippen LogP) is 1.42. The Hall–Kier alpha value is -1.79. The first-order valence-electron chi connectivity index (χ1n) is 6.52. The minimum absolute atomic E-state index is 0.0954. The monoisotopic (exact) mass is 287 g/mol. The Bertz CT molecular complexity index is 400. The van der Waals surface area contributed by atoms with E-state index in [1.165, 1.54) is 4.90 Å². The van der Waals surface area contributed by atoms with Crippen LogP contribution in [-0.4, -0.2) is 51.8 Å². The van der Waals surface area contributed by atoms with Crippen LogP contribution in [0, 0.1) is 11.8 Å². The molecule has 0 spiro atoms. The summed E-state index contributed by atoms with van der Waals surface area (Å²) in [6.07, 6.45) is -0.556. The molecule has 7 nitrogen and oxygen atoms in total. The Labute approximate surface area is 117 Å². The summed E-state index contributed by atoms with van der Waals surface area (Å²) >= 11 is 0. The maximum atomic E-state index is 11.9. The lowest BCUT2D eigenvalue weighted by molar-refractivity contribution is -0.148. The zero-order valence-corrected chi connectivity index (χ0v) is 12.0. The fraction of sp³-hybridized carbons (Fsp3) is 0.769. The standard InChI is InChI=1S/C13H21NO6/c1-13(2,3)20-12(19)14-5-4-9(11(17)18)8(7-14)6-10(15)16/h8-9H,4-7H2,1-3H3,(H,15,16)(H,17,18). The maximum Gasteiger partial charge on any atom is 0.410 e. The zero-order chi connectivity index (χ0) is 15.5. The van der Waals surface area contributed by atoms with Crippen LogP contribution in [0.3, 0.4) is 0 Å². The molecule has 0 aromatic carbocycles. The first kappa shape index (κ1) is 16.3. The van der Waals surface area contributed by atoms with Crippen LogP contribution in [0.25, 0.3) is 0 Å². The van der Waals surface area contributed by atoms with Gasteiger partial charge in [-0.15, -0.1) is 0 Å². The molecule has 2 atom stereocenters. The Morgan fingerprint density at radius 3 is 2.30 bits per heavy atom. The summed E-state index contributed by atoms with van der Waals surface area (Å²) in [7, 11) is 0. The highest BCUT2D eigenvalue weighted by Gasteiger charge is 2.38. The SMILES string of the molecule is CC(C)(C)OC(=O)N1CCC(C(=O)O)C(CC(=O)O)C1. The fourth-order valence-corrected chi connectivity index (χ4v) is 2.28. The highest BCUT2D eigenvalue weighted by Crippen LogP contribution is 2.27. The highest BCUT2D eigenvalue weighted by atomic mass is 16.6. The first-order chi connectivity index (χ1) is 9.10. The molecular formula is C13H21NO6. The van der Waals surface area contributed by atoms with Crippen molar-refractivity contribution in [2.75, 3.05) is 13.1 Å². The molecular weight excluding hydrogens is 266 g/mol. The van der Waals surface area contributed by atoms with Crippen LogP contribution >= 0.6 is 0 Å². The number of aliphatic carboxylic acids is 2. The van der Waals surface area contributed by atoms with Gasteiger partial charge >= 0.3 is 18.0 Å². The van der Waals surface area contributed by atoms with Gasteiger partial charge < -0.3 is 19.8 Å². The molecule has 0 aromatic rings. The summed E-state index contributed by atoms with van der Waals surface area (Å²) < 4.78 is 5.22. The number of likely N-dealkylation sites (tertiary alicyclic amines) is 1. The number of carbonyl (C=O) groups is 3. The molecule has 1 saturated heterocycles. The number of carbonyl (C=O) groups excluding carboxylic acids is 1. The van der Waals surface area contributed by atoms with Gasteiger partial charge in [-0.25, -0.2) is 4.79 Å². The van der Waals surface area contributed by atoms with Crippen LogP contribution in [0.1, 0.15) is 33.6 Å². The van der Waals surface area contributed by atoms with Crippen molar-refractivity contribution in [3.63, 3.8) is 0 Å². The third-order valence-electron chi connectivity index (χ3n) is 3.14. The zero-order valence-electron chi connectivity index (χ0n) is 12.0. The average Bonchev–Trinajstić information content (AvgIpc) is 2.25. The molecule has 0 saturated carbocycles. The van der Waals surface area contributed by atoms with Gasteiger partial charge in [0.1, 0.15) is 5.60 Å². The summed E-state index contributed by atoms with van der Waals surface area (Å²) in [4.78, 5) is 35.3. The van der Waals surface area contributed by atoms with E-state index in [0.717, 1.165) is 0 Å². The summed E-state index contributed by atoms with van der Waals surface area (Å²) in [6.45, 7) is 5.58. The van der Waals surface area contributed by atoms with Gasteiger partial charge in [0.25, 0.3) is 0 Å². The highest BCUT2D eigenvalue weighted by molar-refractivity contribution is 5.74. The minimum Gasteiger partial charge on any atom is -0.481 e. The molecule has 1 rings (SSSR count).